The van der Waals surface area contributed by atoms with Gasteiger partial charge < -0.3 is 4.90 Å². The molecule has 1 aliphatic rings. The molecule has 1 aromatic heterocycles. The maximum atomic E-state index is 14.4. The largest absolute Gasteiger partial charge is 0.370 e. The van der Waals surface area contributed by atoms with Gasteiger partial charge in [0.25, 0.3) is 0 Å². The number of sulfone groups is 1. The molecule has 1 fully saturated rings. The van der Waals surface area contributed by atoms with Gasteiger partial charge in [0.05, 0.1) is 11.4 Å². The molecule has 0 saturated carbocycles. The van der Waals surface area contributed by atoms with Gasteiger partial charge in [0.1, 0.15) is 16.2 Å². The summed E-state index contributed by atoms with van der Waals surface area (Å²) in [6.07, 6.45) is 3.30. The highest BCUT2D eigenvalue weighted by molar-refractivity contribution is 7.90. The van der Waals surface area contributed by atoms with Crippen LogP contribution in [0.5, 0.6) is 0 Å². The Labute approximate surface area is 171 Å². The van der Waals surface area contributed by atoms with E-state index in [2.05, 4.69) is 16.8 Å². The number of hydrogen-bond donors (Lipinski definition) is 0. The predicted molar refractivity (Wildman–Crippen MR) is 114 cm³/mol. The van der Waals surface area contributed by atoms with Crippen LogP contribution in [0.1, 0.15) is 30.9 Å². The van der Waals surface area contributed by atoms with Crippen LogP contribution in [-0.2, 0) is 15.6 Å². The van der Waals surface area contributed by atoms with Crippen molar-refractivity contribution in [2.24, 2.45) is 5.92 Å². The van der Waals surface area contributed by atoms with Crippen molar-refractivity contribution in [2.45, 2.75) is 37.3 Å². The van der Waals surface area contributed by atoms with Crippen molar-refractivity contribution in [2.75, 3.05) is 18.0 Å². The first kappa shape index (κ1) is 19.8. The summed E-state index contributed by atoms with van der Waals surface area (Å²) in [6, 6.07) is 12.2. The maximum Gasteiger partial charge on any atom is 0.186 e. The highest BCUT2D eigenvalue weighted by Crippen LogP contribution is 2.37. The zero-order valence-electron chi connectivity index (χ0n) is 16.7. The number of piperidine rings is 1. The van der Waals surface area contributed by atoms with Gasteiger partial charge in [-0.2, -0.15) is 0 Å². The highest BCUT2D eigenvalue weighted by atomic mass is 32.2. The number of para-hydroxylation sites is 1. The van der Waals surface area contributed by atoms with E-state index in [0.717, 1.165) is 37.1 Å². The third kappa shape index (κ3) is 3.99. The first-order chi connectivity index (χ1) is 13.8. The van der Waals surface area contributed by atoms with Crippen LogP contribution in [0.25, 0.3) is 10.9 Å². The van der Waals surface area contributed by atoms with Gasteiger partial charge in [-0.25, -0.2) is 12.8 Å². The Morgan fingerprint density at radius 1 is 1.10 bits per heavy atom. The predicted octanol–water partition coefficient (Wildman–Crippen LogP) is 4.89. The second kappa shape index (κ2) is 7.75. The van der Waals surface area contributed by atoms with Crippen molar-refractivity contribution in [3.05, 3.63) is 65.6 Å². The summed E-state index contributed by atoms with van der Waals surface area (Å²) in [4.78, 5) is 6.47. The van der Waals surface area contributed by atoms with Gasteiger partial charge in [-0.1, -0.05) is 48.9 Å². The minimum absolute atomic E-state index is 0.104. The number of pyridine rings is 1. The van der Waals surface area contributed by atoms with E-state index in [9.17, 15) is 12.8 Å². The molecular formula is C23H25FN2O2S. The lowest BCUT2D eigenvalue weighted by Crippen LogP contribution is -2.34. The molecule has 1 aliphatic heterocycles. The molecule has 0 amide bonds. The van der Waals surface area contributed by atoms with E-state index >= 15 is 0 Å². The Bertz CT molecular complexity index is 1140. The van der Waals surface area contributed by atoms with Gasteiger partial charge in [-0.15, -0.1) is 0 Å². The van der Waals surface area contributed by atoms with Crippen molar-refractivity contribution in [1.82, 2.24) is 4.98 Å². The number of nitrogens with zero attached hydrogens (tertiary/aromatic N) is 2. The van der Waals surface area contributed by atoms with E-state index in [0.29, 0.717) is 17.0 Å². The van der Waals surface area contributed by atoms with E-state index < -0.39 is 15.7 Å². The van der Waals surface area contributed by atoms with Crippen LogP contribution in [0, 0.1) is 18.7 Å². The lowest BCUT2D eigenvalue weighted by atomic mass is 9.98. The molecule has 2 aromatic carbocycles. The quantitative estimate of drug-likeness (QED) is 0.612. The molecule has 152 valence electrons. The number of rotatable bonds is 4. The van der Waals surface area contributed by atoms with E-state index in [1.807, 2.05) is 31.2 Å². The maximum absolute atomic E-state index is 14.4. The Morgan fingerprint density at radius 2 is 1.79 bits per heavy atom. The molecule has 1 saturated heterocycles. The van der Waals surface area contributed by atoms with Crippen LogP contribution in [0.2, 0.25) is 0 Å². The van der Waals surface area contributed by atoms with Crippen molar-refractivity contribution in [3.63, 3.8) is 0 Å². The zero-order valence-corrected chi connectivity index (χ0v) is 17.5. The minimum atomic E-state index is -3.65. The van der Waals surface area contributed by atoms with Gasteiger partial charge in [0.15, 0.2) is 9.84 Å². The fourth-order valence-electron chi connectivity index (χ4n) is 3.92. The number of anilines is 1. The molecule has 6 heteroatoms. The SMILES string of the molecule is Cc1ccc(CS(=O)(=O)c2cnc3c(F)cccc3c2N2CCC(C)CC2)cc1. The first-order valence-electron chi connectivity index (χ1n) is 9.95. The molecule has 0 spiro atoms. The van der Waals surface area contributed by atoms with Crippen molar-refractivity contribution in [1.29, 1.82) is 0 Å². The summed E-state index contributed by atoms with van der Waals surface area (Å²) >= 11 is 0. The smallest absolute Gasteiger partial charge is 0.186 e. The molecule has 0 N–H and O–H groups in total. The van der Waals surface area contributed by atoms with Gasteiger partial charge in [0, 0.05) is 24.7 Å². The minimum Gasteiger partial charge on any atom is -0.370 e. The summed E-state index contributed by atoms with van der Waals surface area (Å²) in [5.74, 6) is 0.0628. The Morgan fingerprint density at radius 3 is 2.48 bits per heavy atom. The van der Waals surface area contributed by atoms with Crippen LogP contribution >= 0.6 is 0 Å². The zero-order chi connectivity index (χ0) is 20.6. The van der Waals surface area contributed by atoms with E-state index in [1.54, 1.807) is 12.1 Å². The molecule has 4 nitrogen and oxygen atoms in total. The molecule has 3 aromatic rings. The summed E-state index contributed by atoms with van der Waals surface area (Å²) in [6.45, 7) is 5.68. The van der Waals surface area contributed by atoms with Gasteiger partial charge in [0.2, 0.25) is 0 Å². The summed E-state index contributed by atoms with van der Waals surface area (Å²) in [5.41, 5.74) is 2.62. The van der Waals surface area contributed by atoms with Crippen molar-refractivity contribution >= 4 is 26.4 Å². The fraction of sp³-hybridized carbons (Fsp3) is 0.348. The number of fused-ring (bicyclic) bond motifs is 1. The van der Waals surface area contributed by atoms with Crippen molar-refractivity contribution < 1.29 is 12.8 Å². The van der Waals surface area contributed by atoms with Crippen LogP contribution in [0.15, 0.2) is 53.6 Å². The molecule has 0 aliphatic carbocycles. The van der Waals surface area contributed by atoms with Gasteiger partial charge >= 0.3 is 0 Å². The number of aryl methyl sites for hydroxylation is 1. The van der Waals surface area contributed by atoms with Crippen LogP contribution in [0.3, 0.4) is 0 Å². The Hall–Kier alpha value is -2.47. The molecule has 0 bridgehead atoms. The number of benzene rings is 2. The molecule has 0 radical (unpaired) electrons. The van der Waals surface area contributed by atoms with Gasteiger partial charge in [-0.05, 0) is 37.3 Å². The average Bonchev–Trinajstić information content (AvgIpc) is 2.70. The van der Waals surface area contributed by atoms with E-state index in [4.69, 9.17) is 0 Å². The normalized spacial score (nSPS) is 15.8. The topological polar surface area (TPSA) is 50.3 Å². The fourth-order valence-corrected chi connectivity index (χ4v) is 5.46. The third-order valence-electron chi connectivity index (χ3n) is 5.70. The summed E-state index contributed by atoms with van der Waals surface area (Å²) in [5, 5.41) is 0.560. The van der Waals surface area contributed by atoms with Crippen LogP contribution < -0.4 is 4.90 Å². The van der Waals surface area contributed by atoms with Crippen LogP contribution in [0.4, 0.5) is 10.1 Å². The third-order valence-corrected chi connectivity index (χ3v) is 7.38. The second-order valence-electron chi connectivity index (χ2n) is 8.02. The molecule has 2 heterocycles. The van der Waals surface area contributed by atoms with E-state index in [-0.39, 0.29) is 16.2 Å². The summed E-state index contributed by atoms with van der Waals surface area (Å²) < 4.78 is 41.1. The standard InChI is InChI=1S/C23H25FN2O2S/c1-16-6-8-18(9-7-16)15-29(27,28)21-14-25-22-19(4-3-5-20(22)24)23(21)26-12-10-17(2)11-13-26/h3-9,14,17H,10-13,15H2,1-2H3. The first-order valence-corrected chi connectivity index (χ1v) is 11.6. The van der Waals surface area contributed by atoms with Gasteiger partial charge in [-0.3, -0.25) is 4.98 Å². The molecule has 4 rings (SSSR count). The Kier molecular flexibility index (Phi) is 5.30. The van der Waals surface area contributed by atoms with Crippen molar-refractivity contribution in [3.8, 4) is 0 Å². The number of aromatic nitrogens is 1. The lowest BCUT2D eigenvalue weighted by molar-refractivity contribution is 0.437. The average molecular weight is 413 g/mol. The Balaban J connectivity index is 1.84. The molecule has 0 atom stereocenters. The van der Waals surface area contributed by atoms with Crippen LogP contribution in [-0.4, -0.2) is 26.5 Å². The highest BCUT2D eigenvalue weighted by Gasteiger charge is 2.28. The molecule has 0 unspecified atom stereocenters. The summed E-state index contributed by atoms with van der Waals surface area (Å²) in [7, 11) is -3.65. The molecule has 29 heavy (non-hydrogen) atoms. The lowest BCUT2D eigenvalue weighted by Gasteiger charge is -2.34. The number of hydrogen-bond acceptors (Lipinski definition) is 4. The monoisotopic (exact) mass is 412 g/mol. The molecular weight excluding hydrogens is 387 g/mol. The second-order valence-corrected chi connectivity index (χ2v) is 9.98. The van der Waals surface area contributed by atoms with E-state index in [1.165, 1.54) is 12.3 Å². The number of halogens is 1.